The van der Waals surface area contributed by atoms with Crippen molar-refractivity contribution in [3.63, 3.8) is 0 Å². The minimum atomic E-state index is -0.0413. The van der Waals surface area contributed by atoms with E-state index in [9.17, 15) is 4.79 Å². The fraction of sp³-hybridized carbons (Fsp3) is 0.316. The first kappa shape index (κ1) is 15.6. The monoisotopic (exact) mass is 335 g/mol. The highest BCUT2D eigenvalue weighted by atomic mass is 16.2. The third-order valence-electron chi connectivity index (χ3n) is 4.68. The smallest absolute Gasteiger partial charge is 0.274 e. The Morgan fingerprint density at radius 2 is 2.16 bits per heavy atom. The van der Waals surface area contributed by atoms with Crippen molar-refractivity contribution in [2.45, 2.75) is 32.7 Å². The van der Waals surface area contributed by atoms with Crippen molar-refractivity contribution >= 4 is 5.91 Å². The first-order valence-corrected chi connectivity index (χ1v) is 8.57. The number of carbonyl (C=O) groups is 1. The van der Waals surface area contributed by atoms with Crippen molar-refractivity contribution in [1.82, 2.24) is 25.1 Å². The number of amides is 1. The van der Waals surface area contributed by atoms with E-state index in [-0.39, 0.29) is 11.9 Å². The lowest BCUT2D eigenvalue weighted by molar-refractivity contribution is 0.0724. The second-order valence-electron chi connectivity index (χ2n) is 6.64. The molecule has 0 saturated carbocycles. The maximum Gasteiger partial charge on any atom is 0.274 e. The van der Waals surface area contributed by atoms with Crippen LogP contribution >= 0.6 is 0 Å². The molecule has 0 spiro atoms. The van der Waals surface area contributed by atoms with Crippen molar-refractivity contribution in [3.8, 4) is 11.3 Å². The van der Waals surface area contributed by atoms with Crippen molar-refractivity contribution in [2.75, 3.05) is 6.54 Å². The molecule has 0 radical (unpaired) electrons. The lowest BCUT2D eigenvalue weighted by atomic mass is 10.1. The molecule has 1 saturated heterocycles. The number of nitrogens with zero attached hydrogens (tertiary/aromatic N) is 3. The van der Waals surface area contributed by atoms with Gasteiger partial charge in [-0.25, -0.2) is 4.98 Å². The molecule has 3 heterocycles. The summed E-state index contributed by atoms with van der Waals surface area (Å²) in [6.07, 6.45) is 3.74. The molecule has 6 nitrogen and oxygen atoms in total. The Labute approximate surface area is 146 Å². The van der Waals surface area contributed by atoms with E-state index in [1.165, 1.54) is 5.56 Å². The summed E-state index contributed by atoms with van der Waals surface area (Å²) in [5, 5.41) is 6.94. The SMILES string of the molecule is Cc1cccc(-c2cnc([C@H]3CCCN3C(=O)c3cc(C)[nH]n3)[nH]2)c1. The highest BCUT2D eigenvalue weighted by Gasteiger charge is 2.33. The van der Waals surface area contributed by atoms with Crippen LogP contribution in [0.1, 0.15) is 46.5 Å². The van der Waals surface area contributed by atoms with E-state index in [1.54, 1.807) is 6.07 Å². The second-order valence-corrected chi connectivity index (χ2v) is 6.64. The third kappa shape index (κ3) is 2.95. The van der Waals surface area contributed by atoms with Crippen molar-refractivity contribution < 1.29 is 4.79 Å². The van der Waals surface area contributed by atoms with Crippen molar-refractivity contribution in [2.24, 2.45) is 0 Å². The Kier molecular flexibility index (Phi) is 3.87. The standard InChI is InChI=1S/C19H21N5O/c1-12-5-3-6-14(9-12)16-11-20-18(21-16)17-7-4-8-24(17)19(25)15-10-13(2)22-23-15/h3,5-6,9-11,17H,4,7-8H2,1-2H3,(H,20,21)(H,22,23)/t17-/m1/s1. The van der Waals surface area contributed by atoms with E-state index in [0.29, 0.717) is 5.69 Å². The summed E-state index contributed by atoms with van der Waals surface area (Å²) >= 11 is 0. The lowest BCUT2D eigenvalue weighted by Gasteiger charge is -2.22. The molecule has 0 aliphatic carbocycles. The Balaban J connectivity index is 1.60. The molecule has 1 aliphatic heterocycles. The number of nitrogens with one attached hydrogen (secondary N) is 2. The van der Waals surface area contributed by atoms with Gasteiger partial charge >= 0.3 is 0 Å². The number of carbonyl (C=O) groups excluding carboxylic acids is 1. The highest BCUT2D eigenvalue weighted by Crippen LogP contribution is 2.32. The van der Waals surface area contributed by atoms with E-state index in [4.69, 9.17) is 0 Å². The molecule has 1 amide bonds. The maximum atomic E-state index is 12.8. The van der Waals surface area contributed by atoms with E-state index >= 15 is 0 Å². The number of imidazole rings is 1. The zero-order valence-corrected chi connectivity index (χ0v) is 14.4. The van der Waals surface area contributed by atoms with E-state index < -0.39 is 0 Å². The Bertz CT molecular complexity index is 910. The van der Waals surface area contributed by atoms with Crippen LogP contribution in [0.25, 0.3) is 11.3 Å². The summed E-state index contributed by atoms with van der Waals surface area (Å²) in [6, 6.07) is 10.1. The molecular formula is C19H21N5O. The number of aromatic amines is 2. The van der Waals surface area contributed by atoms with Crippen LogP contribution in [0, 0.1) is 13.8 Å². The van der Waals surface area contributed by atoms with Gasteiger partial charge in [-0.15, -0.1) is 0 Å². The number of likely N-dealkylation sites (tertiary alicyclic amines) is 1. The second kappa shape index (κ2) is 6.20. The number of hydrogen-bond acceptors (Lipinski definition) is 3. The number of aryl methyl sites for hydroxylation is 2. The molecule has 4 rings (SSSR count). The first-order chi connectivity index (χ1) is 12.1. The molecule has 1 aliphatic rings. The number of aromatic nitrogens is 4. The summed E-state index contributed by atoms with van der Waals surface area (Å²) in [5.41, 5.74) is 4.65. The molecule has 0 unspecified atom stereocenters. The van der Waals surface area contributed by atoms with E-state index in [2.05, 4.69) is 45.3 Å². The van der Waals surface area contributed by atoms with Gasteiger partial charge in [-0.2, -0.15) is 5.10 Å². The Hall–Kier alpha value is -2.89. The fourth-order valence-corrected chi connectivity index (χ4v) is 3.43. The lowest BCUT2D eigenvalue weighted by Crippen LogP contribution is -2.31. The first-order valence-electron chi connectivity index (χ1n) is 8.57. The topological polar surface area (TPSA) is 77.7 Å². The summed E-state index contributed by atoms with van der Waals surface area (Å²) < 4.78 is 0. The quantitative estimate of drug-likeness (QED) is 0.770. The summed E-state index contributed by atoms with van der Waals surface area (Å²) in [5.74, 6) is 0.801. The molecule has 2 aromatic heterocycles. The maximum absolute atomic E-state index is 12.8. The molecule has 2 N–H and O–H groups in total. The average Bonchev–Trinajstić information content (AvgIpc) is 3.34. The Morgan fingerprint density at radius 1 is 1.28 bits per heavy atom. The minimum absolute atomic E-state index is 0.0249. The molecule has 25 heavy (non-hydrogen) atoms. The van der Waals surface area contributed by atoms with Gasteiger partial charge in [0.2, 0.25) is 0 Å². The van der Waals surface area contributed by atoms with Gasteiger partial charge in [0.05, 0.1) is 17.9 Å². The minimum Gasteiger partial charge on any atom is -0.340 e. The highest BCUT2D eigenvalue weighted by molar-refractivity contribution is 5.92. The number of rotatable bonds is 3. The molecule has 1 atom stereocenters. The van der Waals surface area contributed by atoms with Gasteiger partial charge in [0, 0.05) is 12.2 Å². The summed E-state index contributed by atoms with van der Waals surface area (Å²) in [6.45, 7) is 4.70. The normalized spacial score (nSPS) is 17.2. The summed E-state index contributed by atoms with van der Waals surface area (Å²) in [4.78, 5) is 22.6. The van der Waals surface area contributed by atoms with Crippen molar-refractivity contribution in [1.29, 1.82) is 0 Å². The molecule has 1 aromatic carbocycles. The van der Waals surface area contributed by atoms with Gasteiger partial charge in [-0.3, -0.25) is 9.89 Å². The van der Waals surface area contributed by atoms with Crippen LogP contribution in [-0.2, 0) is 0 Å². The van der Waals surface area contributed by atoms with Gasteiger partial charge < -0.3 is 9.88 Å². The van der Waals surface area contributed by atoms with Gasteiger partial charge in [0.25, 0.3) is 5.91 Å². The molecular weight excluding hydrogens is 314 g/mol. The predicted octanol–water partition coefficient (Wildman–Crippen LogP) is 3.39. The predicted molar refractivity (Wildman–Crippen MR) is 95.1 cm³/mol. The molecule has 1 fully saturated rings. The number of hydrogen-bond donors (Lipinski definition) is 2. The fourth-order valence-electron chi connectivity index (χ4n) is 3.43. The zero-order chi connectivity index (χ0) is 17.4. The van der Waals surface area contributed by atoms with E-state index in [0.717, 1.165) is 42.2 Å². The average molecular weight is 335 g/mol. The number of benzene rings is 1. The third-order valence-corrected chi connectivity index (χ3v) is 4.68. The van der Waals surface area contributed by atoms with Crippen LogP contribution in [0.4, 0.5) is 0 Å². The molecule has 6 heteroatoms. The van der Waals surface area contributed by atoms with E-state index in [1.807, 2.05) is 24.1 Å². The van der Waals surface area contributed by atoms with Gasteiger partial charge in [0.1, 0.15) is 11.5 Å². The zero-order valence-electron chi connectivity index (χ0n) is 14.4. The number of H-pyrrole nitrogens is 2. The molecule has 128 valence electrons. The van der Waals surface area contributed by atoms with Crippen LogP contribution in [0.3, 0.4) is 0 Å². The van der Waals surface area contributed by atoms with Gasteiger partial charge in [-0.1, -0.05) is 23.8 Å². The van der Waals surface area contributed by atoms with Crippen LogP contribution < -0.4 is 0 Å². The summed E-state index contributed by atoms with van der Waals surface area (Å²) in [7, 11) is 0. The largest absolute Gasteiger partial charge is 0.340 e. The van der Waals surface area contributed by atoms with Crippen molar-refractivity contribution in [3.05, 3.63) is 59.3 Å². The van der Waals surface area contributed by atoms with Gasteiger partial charge in [0.15, 0.2) is 0 Å². The Morgan fingerprint density at radius 3 is 2.92 bits per heavy atom. The van der Waals surface area contributed by atoms with Crippen LogP contribution in [0.15, 0.2) is 36.5 Å². The van der Waals surface area contributed by atoms with Crippen LogP contribution in [0.2, 0.25) is 0 Å². The molecule has 3 aromatic rings. The van der Waals surface area contributed by atoms with Crippen LogP contribution in [-0.4, -0.2) is 37.5 Å². The van der Waals surface area contributed by atoms with Crippen LogP contribution in [0.5, 0.6) is 0 Å². The molecule has 0 bridgehead atoms. The van der Waals surface area contributed by atoms with Gasteiger partial charge in [-0.05, 0) is 44.4 Å².